The molecule has 3 heterocycles. The second kappa shape index (κ2) is 6.76. The molecule has 0 unspecified atom stereocenters. The van der Waals surface area contributed by atoms with Gasteiger partial charge in [0.15, 0.2) is 0 Å². The summed E-state index contributed by atoms with van der Waals surface area (Å²) in [7, 11) is 0. The second-order valence-corrected chi connectivity index (χ2v) is 6.25. The summed E-state index contributed by atoms with van der Waals surface area (Å²) in [5.74, 6) is -1.35. The zero-order chi connectivity index (χ0) is 19.8. The highest BCUT2D eigenvalue weighted by Crippen LogP contribution is 2.25. The number of rotatable bonds is 4. The van der Waals surface area contributed by atoms with E-state index in [1.54, 1.807) is 19.1 Å². The smallest absolute Gasteiger partial charge is 0.323 e. The first-order valence-corrected chi connectivity index (χ1v) is 8.42. The quantitative estimate of drug-likeness (QED) is 0.505. The van der Waals surface area contributed by atoms with E-state index in [1.807, 2.05) is 0 Å². The van der Waals surface area contributed by atoms with Gasteiger partial charge in [-0.3, -0.25) is 9.20 Å². The molecule has 0 aliphatic heterocycles. The maximum absolute atomic E-state index is 13.8. The van der Waals surface area contributed by atoms with Crippen LogP contribution in [0.15, 0.2) is 47.4 Å². The van der Waals surface area contributed by atoms with Crippen LogP contribution in [-0.4, -0.2) is 25.3 Å². The highest BCUT2D eigenvalue weighted by molar-refractivity contribution is 5.93. The molecule has 1 aromatic carbocycles. The Bertz CT molecular complexity index is 1240. The summed E-state index contributed by atoms with van der Waals surface area (Å²) in [4.78, 5) is 33.2. The van der Waals surface area contributed by atoms with Gasteiger partial charge in [0.25, 0.3) is 5.91 Å². The van der Waals surface area contributed by atoms with E-state index in [4.69, 9.17) is 0 Å². The van der Waals surface area contributed by atoms with Crippen molar-refractivity contribution in [2.45, 2.75) is 13.5 Å². The molecule has 28 heavy (non-hydrogen) atoms. The van der Waals surface area contributed by atoms with Gasteiger partial charge in [0.05, 0.1) is 17.9 Å². The van der Waals surface area contributed by atoms with Crippen molar-refractivity contribution >= 4 is 11.6 Å². The number of hydrogen-bond acceptors (Lipinski definition) is 3. The fourth-order valence-electron chi connectivity index (χ4n) is 3.03. The molecule has 0 bridgehead atoms. The van der Waals surface area contributed by atoms with Gasteiger partial charge in [0.2, 0.25) is 0 Å². The number of amides is 1. The first kappa shape index (κ1) is 17.7. The third-order valence-electron chi connectivity index (χ3n) is 4.36. The standard InChI is InChI=1S/C19H15F2N5O2/c1-10-16(25-19(28)23-10)18(27)22-8-14-17(11-2-4-12(20)5-3-11)24-15-7-6-13(21)9-26(14)15/h2-7,9H,8H2,1H3,(H,22,27)(H2,23,25,28). The molecule has 0 radical (unpaired) electrons. The fraction of sp³-hybridized carbons (Fsp3) is 0.105. The topological polar surface area (TPSA) is 95.0 Å². The van der Waals surface area contributed by atoms with Crippen molar-refractivity contribution in [3.63, 3.8) is 0 Å². The summed E-state index contributed by atoms with van der Waals surface area (Å²) in [6, 6.07) is 8.53. The monoisotopic (exact) mass is 383 g/mol. The zero-order valence-corrected chi connectivity index (χ0v) is 14.7. The van der Waals surface area contributed by atoms with Crippen molar-refractivity contribution in [1.29, 1.82) is 0 Å². The molecule has 0 saturated carbocycles. The largest absolute Gasteiger partial charge is 0.345 e. The minimum Gasteiger partial charge on any atom is -0.345 e. The van der Waals surface area contributed by atoms with E-state index >= 15 is 0 Å². The van der Waals surface area contributed by atoms with E-state index in [-0.39, 0.29) is 18.1 Å². The third kappa shape index (κ3) is 3.18. The van der Waals surface area contributed by atoms with Gasteiger partial charge in [-0.1, -0.05) is 0 Å². The van der Waals surface area contributed by atoms with Crippen molar-refractivity contribution < 1.29 is 13.6 Å². The Balaban J connectivity index is 1.73. The SMILES string of the molecule is Cc1[nH]c(=O)[nH]c1C(=O)NCc1c(-c2ccc(F)cc2)nc2ccc(F)cn12. The molecule has 4 aromatic rings. The molecular weight excluding hydrogens is 368 g/mol. The van der Waals surface area contributed by atoms with Gasteiger partial charge in [-0.25, -0.2) is 18.6 Å². The Hall–Kier alpha value is -3.75. The summed E-state index contributed by atoms with van der Waals surface area (Å²) < 4.78 is 28.6. The number of nitrogens with one attached hydrogen (secondary N) is 3. The number of imidazole rings is 2. The molecule has 0 saturated heterocycles. The fourth-order valence-corrected chi connectivity index (χ4v) is 3.03. The Morgan fingerprint density at radius 2 is 1.82 bits per heavy atom. The molecule has 9 heteroatoms. The van der Waals surface area contributed by atoms with Crippen LogP contribution in [0.2, 0.25) is 0 Å². The van der Waals surface area contributed by atoms with Gasteiger partial charge in [-0.15, -0.1) is 0 Å². The number of pyridine rings is 1. The molecule has 0 fully saturated rings. The number of hydrogen-bond donors (Lipinski definition) is 3. The molecule has 4 rings (SSSR count). The number of halogens is 2. The Labute approximate surface area is 157 Å². The molecule has 1 amide bonds. The number of carbonyl (C=O) groups excluding carboxylic acids is 1. The average molecular weight is 383 g/mol. The number of fused-ring (bicyclic) bond motifs is 1. The molecule has 3 N–H and O–H groups in total. The number of aromatic nitrogens is 4. The molecular formula is C19H15F2N5O2. The lowest BCUT2D eigenvalue weighted by Gasteiger charge is -2.08. The van der Waals surface area contributed by atoms with Crippen LogP contribution >= 0.6 is 0 Å². The van der Waals surface area contributed by atoms with Crippen LogP contribution in [0.4, 0.5) is 8.78 Å². The van der Waals surface area contributed by atoms with Gasteiger partial charge in [-0.05, 0) is 43.3 Å². The lowest BCUT2D eigenvalue weighted by Crippen LogP contribution is -2.25. The molecule has 0 aliphatic carbocycles. The van der Waals surface area contributed by atoms with Gasteiger partial charge in [-0.2, -0.15) is 0 Å². The van der Waals surface area contributed by atoms with E-state index < -0.39 is 17.4 Å². The Morgan fingerprint density at radius 1 is 1.11 bits per heavy atom. The summed E-state index contributed by atoms with van der Waals surface area (Å²) >= 11 is 0. The van der Waals surface area contributed by atoms with Crippen molar-refractivity contribution in [1.82, 2.24) is 24.7 Å². The van der Waals surface area contributed by atoms with Gasteiger partial charge < -0.3 is 15.3 Å². The normalized spacial score (nSPS) is 11.1. The molecule has 7 nitrogen and oxygen atoms in total. The molecule has 142 valence electrons. The number of aromatic amines is 2. The van der Waals surface area contributed by atoms with Crippen molar-refractivity contribution in [3.8, 4) is 11.3 Å². The van der Waals surface area contributed by atoms with Crippen LogP contribution in [0.1, 0.15) is 21.9 Å². The predicted molar refractivity (Wildman–Crippen MR) is 97.9 cm³/mol. The number of aryl methyl sites for hydroxylation is 1. The zero-order valence-electron chi connectivity index (χ0n) is 14.7. The summed E-state index contributed by atoms with van der Waals surface area (Å²) in [6.07, 6.45) is 1.26. The third-order valence-corrected chi connectivity index (χ3v) is 4.36. The molecule has 0 aliphatic rings. The summed E-state index contributed by atoms with van der Waals surface area (Å²) in [6.45, 7) is 1.61. The van der Waals surface area contributed by atoms with Crippen LogP contribution < -0.4 is 11.0 Å². The summed E-state index contributed by atoms with van der Waals surface area (Å²) in [5, 5.41) is 2.70. The molecule has 0 spiro atoms. The van der Waals surface area contributed by atoms with Gasteiger partial charge in [0, 0.05) is 17.5 Å². The predicted octanol–water partition coefficient (Wildman–Crippen LogP) is 2.53. The van der Waals surface area contributed by atoms with Crippen LogP contribution in [-0.2, 0) is 6.54 Å². The minimum atomic E-state index is -0.493. The first-order valence-electron chi connectivity index (χ1n) is 8.42. The maximum atomic E-state index is 13.8. The lowest BCUT2D eigenvalue weighted by molar-refractivity contribution is 0.0945. The number of benzene rings is 1. The number of nitrogens with zero attached hydrogens (tertiary/aromatic N) is 2. The number of carbonyl (C=O) groups is 1. The average Bonchev–Trinajstić information content (AvgIpc) is 3.19. The Kier molecular flexibility index (Phi) is 4.26. The van der Waals surface area contributed by atoms with Gasteiger partial charge >= 0.3 is 5.69 Å². The van der Waals surface area contributed by atoms with Gasteiger partial charge in [0.1, 0.15) is 23.0 Å². The number of H-pyrrole nitrogens is 2. The van der Waals surface area contributed by atoms with E-state index in [1.165, 1.54) is 34.9 Å². The van der Waals surface area contributed by atoms with E-state index in [9.17, 15) is 18.4 Å². The molecule has 3 aromatic heterocycles. The lowest BCUT2D eigenvalue weighted by atomic mass is 10.1. The maximum Gasteiger partial charge on any atom is 0.323 e. The minimum absolute atomic E-state index is 0.0167. The van der Waals surface area contributed by atoms with Crippen LogP contribution in [0.25, 0.3) is 16.9 Å². The van der Waals surface area contributed by atoms with E-state index in [2.05, 4.69) is 20.3 Å². The second-order valence-electron chi connectivity index (χ2n) is 6.25. The van der Waals surface area contributed by atoms with E-state index in [0.717, 1.165) is 0 Å². The Morgan fingerprint density at radius 3 is 2.50 bits per heavy atom. The van der Waals surface area contributed by atoms with Crippen LogP contribution in [0.5, 0.6) is 0 Å². The summed E-state index contributed by atoms with van der Waals surface area (Å²) in [5.41, 5.74) is 2.16. The first-order chi connectivity index (χ1) is 13.4. The van der Waals surface area contributed by atoms with Crippen LogP contribution in [0, 0.1) is 18.6 Å². The molecule has 0 atom stereocenters. The van der Waals surface area contributed by atoms with E-state index in [0.29, 0.717) is 28.3 Å². The van der Waals surface area contributed by atoms with Crippen molar-refractivity contribution in [2.75, 3.05) is 0 Å². The highest BCUT2D eigenvalue weighted by atomic mass is 19.1. The van der Waals surface area contributed by atoms with Crippen molar-refractivity contribution in [2.24, 2.45) is 0 Å². The highest BCUT2D eigenvalue weighted by Gasteiger charge is 2.18. The van der Waals surface area contributed by atoms with Crippen molar-refractivity contribution in [3.05, 3.63) is 81.8 Å². The van der Waals surface area contributed by atoms with Crippen LogP contribution in [0.3, 0.4) is 0 Å².